The molecule has 0 amide bonds. The van der Waals surface area contributed by atoms with Gasteiger partial charge in [-0.3, -0.25) is 0 Å². The Balaban J connectivity index is 2.48. The summed E-state index contributed by atoms with van der Waals surface area (Å²) in [7, 11) is 1.60. The Morgan fingerprint density at radius 3 is 3.00 bits per heavy atom. The van der Waals surface area contributed by atoms with Crippen LogP contribution in [0.2, 0.25) is 0 Å². The van der Waals surface area contributed by atoms with Crippen molar-refractivity contribution in [3.63, 3.8) is 0 Å². The minimum Gasteiger partial charge on any atom is -0.497 e. The Kier molecular flexibility index (Phi) is 2.55. The molecule has 0 saturated carbocycles. The number of fused-ring (bicyclic) bond motifs is 1. The smallest absolute Gasteiger partial charge is 0.135 e. The van der Waals surface area contributed by atoms with Crippen LogP contribution in [0.4, 0.5) is 10.1 Å². The van der Waals surface area contributed by atoms with Crippen molar-refractivity contribution in [2.75, 3.05) is 19.0 Å². The third-order valence-electron chi connectivity index (χ3n) is 2.93. The summed E-state index contributed by atoms with van der Waals surface area (Å²) in [4.78, 5) is 0. The summed E-state index contributed by atoms with van der Waals surface area (Å²) >= 11 is 0. The molecule has 0 spiro atoms. The molecule has 0 saturated heterocycles. The lowest BCUT2D eigenvalue weighted by Gasteiger charge is -2.21. The van der Waals surface area contributed by atoms with E-state index < -0.39 is 5.67 Å². The molecule has 1 heterocycles. The van der Waals surface area contributed by atoms with Gasteiger partial charge in [-0.25, -0.2) is 4.39 Å². The number of methoxy groups -OCH3 is 1. The minimum absolute atomic E-state index is 0.556. The molecular formula is C12H16FNO. The monoisotopic (exact) mass is 209 g/mol. The van der Waals surface area contributed by atoms with Crippen molar-refractivity contribution in [2.24, 2.45) is 0 Å². The Morgan fingerprint density at radius 2 is 2.27 bits per heavy atom. The quantitative estimate of drug-likeness (QED) is 0.767. The summed E-state index contributed by atoms with van der Waals surface area (Å²) in [6.45, 7) is 2.47. The molecule has 82 valence electrons. The topological polar surface area (TPSA) is 21.3 Å². The van der Waals surface area contributed by atoms with E-state index in [1.54, 1.807) is 20.1 Å². The SMILES string of the molecule is COc1ccc2c(c1)C(C)(F)CCCN2. The number of nitrogens with one attached hydrogen (secondary N) is 1. The van der Waals surface area contributed by atoms with Crippen molar-refractivity contribution in [3.8, 4) is 5.75 Å². The second-order valence-corrected chi connectivity index (χ2v) is 4.14. The largest absolute Gasteiger partial charge is 0.497 e. The molecule has 1 aromatic rings. The molecule has 2 nitrogen and oxygen atoms in total. The molecule has 1 N–H and O–H groups in total. The van der Waals surface area contributed by atoms with E-state index in [0.717, 1.165) is 18.7 Å². The lowest BCUT2D eigenvalue weighted by molar-refractivity contribution is 0.178. The van der Waals surface area contributed by atoms with Crippen LogP contribution in [-0.4, -0.2) is 13.7 Å². The molecule has 3 heteroatoms. The fraction of sp³-hybridized carbons (Fsp3) is 0.500. The molecule has 0 aliphatic carbocycles. The lowest BCUT2D eigenvalue weighted by Crippen LogP contribution is -2.14. The first-order valence-electron chi connectivity index (χ1n) is 5.25. The van der Waals surface area contributed by atoms with Gasteiger partial charge >= 0.3 is 0 Å². The van der Waals surface area contributed by atoms with Crippen molar-refractivity contribution in [1.29, 1.82) is 0 Å². The van der Waals surface area contributed by atoms with Crippen molar-refractivity contribution < 1.29 is 9.13 Å². The van der Waals surface area contributed by atoms with Gasteiger partial charge in [-0.1, -0.05) is 0 Å². The summed E-state index contributed by atoms with van der Waals surface area (Å²) in [5, 5.41) is 3.24. The van der Waals surface area contributed by atoms with Crippen molar-refractivity contribution >= 4 is 5.69 Å². The number of ether oxygens (including phenoxy) is 1. The van der Waals surface area contributed by atoms with Crippen molar-refractivity contribution in [3.05, 3.63) is 23.8 Å². The average molecular weight is 209 g/mol. The second kappa shape index (κ2) is 3.72. The van der Waals surface area contributed by atoms with Gasteiger partial charge < -0.3 is 10.1 Å². The van der Waals surface area contributed by atoms with Gasteiger partial charge in [-0.05, 0) is 38.0 Å². The van der Waals surface area contributed by atoms with E-state index in [1.165, 1.54) is 0 Å². The summed E-state index contributed by atoms with van der Waals surface area (Å²) in [6, 6.07) is 5.53. The van der Waals surface area contributed by atoms with Crippen LogP contribution in [0.1, 0.15) is 25.3 Å². The van der Waals surface area contributed by atoms with Crippen molar-refractivity contribution in [1.82, 2.24) is 0 Å². The maximum absolute atomic E-state index is 14.3. The number of halogens is 1. The first-order valence-corrected chi connectivity index (χ1v) is 5.25. The molecule has 0 fully saturated rings. The Bertz CT molecular complexity index is 363. The summed E-state index contributed by atoms with van der Waals surface area (Å²) in [6.07, 6.45) is 1.41. The van der Waals surface area contributed by atoms with Crippen LogP contribution in [0, 0.1) is 0 Å². The highest BCUT2D eigenvalue weighted by molar-refractivity contribution is 5.57. The predicted octanol–water partition coefficient (Wildman–Crippen LogP) is 3.09. The van der Waals surface area contributed by atoms with Crippen LogP contribution < -0.4 is 10.1 Å². The lowest BCUT2D eigenvalue weighted by atomic mass is 9.93. The van der Waals surface area contributed by atoms with Crippen LogP contribution >= 0.6 is 0 Å². The second-order valence-electron chi connectivity index (χ2n) is 4.14. The molecule has 0 aromatic heterocycles. The standard InChI is InChI=1S/C12H16FNO/c1-12(13)6-3-7-14-11-5-4-9(15-2)8-10(11)12/h4-5,8,14H,3,6-7H2,1-2H3. The van der Waals surface area contributed by atoms with Gasteiger partial charge in [0.05, 0.1) is 7.11 Å². The fourth-order valence-corrected chi connectivity index (χ4v) is 2.01. The van der Waals surface area contributed by atoms with Gasteiger partial charge in [-0.15, -0.1) is 0 Å². The van der Waals surface area contributed by atoms with E-state index >= 15 is 0 Å². The van der Waals surface area contributed by atoms with Gasteiger partial charge in [0, 0.05) is 17.8 Å². The molecule has 0 bridgehead atoms. The Morgan fingerprint density at radius 1 is 1.47 bits per heavy atom. The highest BCUT2D eigenvalue weighted by Crippen LogP contribution is 2.39. The first-order chi connectivity index (χ1) is 7.13. The Labute approximate surface area is 89.4 Å². The first kappa shape index (κ1) is 10.3. The number of benzene rings is 1. The molecule has 15 heavy (non-hydrogen) atoms. The summed E-state index contributed by atoms with van der Waals surface area (Å²) < 4.78 is 19.5. The molecular weight excluding hydrogens is 193 g/mol. The number of alkyl halides is 1. The van der Waals surface area contributed by atoms with E-state index in [1.807, 2.05) is 12.1 Å². The van der Waals surface area contributed by atoms with Crippen LogP contribution in [0.3, 0.4) is 0 Å². The van der Waals surface area contributed by atoms with Gasteiger partial charge in [0.25, 0.3) is 0 Å². The maximum Gasteiger partial charge on any atom is 0.135 e. The van der Waals surface area contributed by atoms with E-state index in [-0.39, 0.29) is 0 Å². The van der Waals surface area contributed by atoms with Gasteiger partial charge in [0.15, 0.2) is 0 Å². The molecule has 1 unspecified atom stereocenters. The molecule has 2 rings (SSSR count). The normalized spacial score (nSPS) is 25.0. The molecule has 1 atom stereocenters. The van der Waals surface area contributed by atoms with E-state index in [2.05, 4.69) is 5.32 Å². The highest BCUT2D eigenvalue weighted by atomic mass is 19.1. The van der Waals surface area contributed by atoms with Crippen LogP contribution in [0.15, 0.2) is 18.2 Å². The van der Waals surface area contributed by atoms with Crippen molar-refractivity contribution in [2.45, 2.75) is 25.4 Å². The molecule has 1 aliphatic heterocycles. The highest BCUT2D eigenvalue weighted by Gasteiger charge is 2.30. The van der Waals surface area contributed by atoms with E-state index in [9.17, 15) is 4.39 Å². The number of hydrogen-bond donors (Lipinski definition) is 1. The minimum atomic E-state index is -1.26. The molecule has 1 aliphatic rings. The number of rotatable bonds is 1. The van der Waals surface area contributed by atoms with Crippen LogP contribution in [0.25, 0.3) is 0 Å². The average Bonchev–Trinajstić information content (AvgIpc) is 2.37. The van der Waals surface area contributed by atoms with Gasteiger partial charge in [0.1, 0.15) is 11.4 Å². The fourth-order valence-electron chi connectivity index (χ4n) is 2.01. The summed E-state index contributed by atoms with van der Waals surface area (Å²) in [5.74, 6) is 0.710. The maximum atomic E-state index is 14.3. The van der Waals surface area contributed by atoms with E-state index in [0.29, 0.717) is 17.7 Å². The number of anilines is 1. The predicted molar refractivity (Wildman–Crippen MR) is 59.2 cm³/mol. The molecule has 1 aromatic carbocycles. The zero-order valence-corrected chi connectivity index (χ0v) is 9.14. The van der Waals surface area contributed by atoms with Gasteiger partial charge in [0.2, 0.25) is 0 Å². The van der Waals surface area contributed by atoms with Crippen LogP contribution in [-0.2, 0) is 5.67 Å². The third kappa shape index (κ3) is 1.91. The zero-order valence-electron chi connectivity index (χ0n) is 9.14. The third-order valence-corrected chi connectivity index (χ3v) is 2.93. The number of hydrogen-bond acceptors (Lipinski definition) is 2. The Hall–Kier alpha value is -1.25. The van der Waals surface area contributed by atoms with Gasteiger partial charge in [-0.2, -0.15) is 0 Å². The zero-order chi connectivity index (χ0) is 10.9. The van der Waals surface area contributed by atoms with E-state index in [4.69, 9.17) is 4.74 Å². The molecule has 0 radical (unpaired) electrons. The van der Waals surface area contributed by atoms with Crippen LogP contribution in [0.5, 0.6) is 5.75 Å². The summed E-state index contributed by atoms with van der Waals surface area (Å²) in [5.41, 5.74) is 0.338.